The lowest BCUT2D eigenvalue weighted by atomic mass is 10.0. The first kappa shape index (κ1) is 14.6. The Morgan fingerprint density at radius 1 is 1.50 bits per heavy atom. The first-order valence-corrected chi connectivity index (χ1v) is 5.74. The maximum absolute atomic E-state index is 9.92. The van der Waals surface area contributed by atoms with Crippen LogP contribution in [0.15, 0.2) is 21.7 Å². The summed E-state index contributed by atoms with van der Waals surface area (Å²) < 4.78 is 5.32. The van der Waals surface area contributed by atoms with E-state index in [-0.39, 0.29) is 23.6 Å². The monoisotopic (exact) mass is 317 g/mol. The summed E-state index contributed by atoms with van der Waals surface area (Å²) in [6, 6.07) is 3.08. The Balaban J connectivity index is 3.11. The van der Waals surface area contributed by atoms with E-state index in [1.807, 2.05) is 0 Å². The summed E-state index contributed by atoms with van der Waals surface area (Å²) in [5.41, 5.74) is 8.22. The Hall–Kier alpha value is -1.47. The largest absolute Gasteiger partial charge is 0.504 e. The van der Waals surface area contributed by atoms with E-state index in [0.717, 1.165) is 0 Å². The highest BCUT2D eigenvalue weighted by Crippen LogP contribution is 2.39. The van der Waals surface area contributed by atoms with Gasteiger partial charge in [0.25, 0.3) is 0 Å². The third-order valence-electron chi connectivity index (χ3n) is 2.34. The van der Waals surface area contributed by atoms with Gasteiger partial charge >= 0.3 is 0 Å². The van der Waals surface area contributed by atoms with Crippen molar-refractivity contribution in [1.82, 2.24) is 0 Å². The number of benzene rings is 1. The van der Waals surface area contributed by atoms with Gasteiger partial charge in [-0.15, -0.1) is 0 Å². The van der Waals surface area contributed by atoms with Crippen LogP contribution in [0.2, 0.25) is 0 Å². The number of azide groups is 1. The Morgan fingerprint density at radius 2 is 2.17 bits per heavy atom. The second kappa shape index (κ2) is 6.46. The summed E-state index contributed by atoms with van der Waals surface area (Å²) in [5, 5.41) is 32.6. The number of aliphatic hydroxyl groups is 2. The van der Waals surface area contributed by atoms with Crippen LogP contribution in [0.5, 0.6) is 11.5 Å². The third-order valence-corrected chi connectivity index (χ3v) is 3.03. The molecule has 0 heterocycles. The number of nitrogens with zero attached hydrogens (tertiary/aromatic N) is 3. The highest BCUT2D eigenvalue weighted by molar-refractivity contribution is 9.10. The maximum atomic E-state index is 9.92. The molecule has 0 aliphatic carbocycles. The van der Waals surface area contributed by atoms with E-state index in [1.165, 1.54) is 13.2 Å². The first-order valence-electron chi connectivity index (χ1n) is 4.95. The number of ether oxygens (including phenoxy) is 1. The molecule has 1 rings (SSSR count). The Kier molecular flexibility index (Phi) is 5.24. The van der Waals surface area contributed by atoms with Crippen LogP contribution in [-0.4, -0.2) is 35.1 Å². The SMILES string of the molecule is COc1ccc(Br)c(C(O)C(O)CN=[N+]=[N-])c1O. The number of phenolic OH excluding ortho intramolecular Hbond substituents is 1. The van der Waals surface area contributed by atoms with E-state index >= 15 is 0 Å². The van der Waals surface area contributed by atoms with Gasteiger partial charge in [-0.05, 0) is 17.7 Å². The van der Waals surface area contributed by atoms with E-state index in [4.69, 9.17) is 10.3 Å². The number of phenols is 1. The predicted molar refractivity (Wildman–Crippen MR) is 67.3 cm³/mol. The molecule has 0 radical (unpaired) electrons. The molecular weight excluding hydrogens is 306 g/mol. The fourth-order valence-corrected chi connectivity index (χ4v) is 1.98. The number of rotatable bonds is 5. The van der Waals surface area contributed by atoms with Gasteiger partial charge in [0.15, 0.2) is 11.5 Å². The molecule has 2 atom stereocenters. The third kappa shape index (κ3) is 3.05. The lowest BCUT2D eigenvalue weighted by Gasteiger charge is -2.20. The number of hydrogen-bond donors (Lipinski definition) is 3. The molecule has 18 heavy (non-hydrogen) atoms. The van der Waals surface area contributed by atoms with Gasteiger partial charge in [-0.2, -0.15) is 0 Å². The van der Waals surface area contributed by atoms with Crippen molar-refractivity contribution in [1.29, 1.82) is 0 Å². The summed E-state index contributed by atoms with van der Waals surface area (Å²) >= 11 is 3.16. The number of aliphatic hydroxyl groups excluding tert-OH is 2. The lowest BCUT2D eigenvalue weighted by Crippen LogP contribution is -2.21. The zero-order chi connectivity index (χ0) is 13.7. The summed E-state index contributed by atoms with van der Waals surface area (Å²) in [7, 11) is 1.37. The van der Waals surface area contributed by atoms with Crippen molar-refractivity contribution in [2.45, 2.75) is 12.2 Å². The topological polar surface area (TPSA) is 119 Å². The standard InChI is InChI=1S/C10H12BrN3O4/c1-18-7-3-2-5(11)8(10(7)17)9(16)6(15)4-13-14-12/h2-3,6,9,15-17H,4H2,1H3. The van der Waals surface area contributed by atoms with Crippen LogP contribution in [0.1, 0.15) is 11.7 Å². The molecule has 7 nitrogen and oxygen atoms in total. The second-order valence-electron chi connectivity index (χ2n) is 3.44. The molecule has 0 amide bonds. The fourth-order valence-electron chi connectivity index (χ4n) is 1.42. The zero-order valence-corrected chi connectivity index (χ0v) is 11.1. The van der Waals surface area contributed by atoms with Gasteiger partial charge in [-0.1, -0.05) is 21.0 Å². The van der Waals surface area contributed by atoms with E-state index in [9.17, 15) is 15.3 Å². The minimum Gasteiger partial charge on any atom is -0.504 e. The quantitative estimate of drug-likeness (QED) is 0.436. The van der Waals surface area contributed by atoms with E-state index < -0.39 is 12.2 Å². The molecule has 98 valence electrons. The number of halogens is 1. The van der Waals surface area contributed by atoms with Gasteiger partial charge in [0, 0.05) is 14.9 Å². The normalized spacial score (nSPS) is 13.6. The maximum Gasteiger partial charge on any atom is 0.164 e. The van der Waals surface area contributed by atoms with E-state index in [0.29, 0.717) is 4.47 Å². The summed E-state index contributed by atoms with van der Waals surface area (Å²) in [4.78, 5) is 2.49. The van der Waals surface area contributed by atoms with Crippen LogP contribution in [0, 0.1) is 0 Å². The molecule has 1 aromatic carbocycles. The van der Waals surface area contributed by atoms with Gasteiger partial charge in [0.2, 0.25) is 0 Å². The van der Waals surface area contributed by atoms with Crippen LogP contribution in [0.25, 0.3) is 10.4 Å². The minimum atomic E-state index is -1.40. The molecule has 3 N–H and O–H groups in total. The van der Waals surface area contributed by atoms with Crippen LogP contribution in [-0.2, 0) is 0 Å². The summed E-state index contributed by atoms with van der Waals surface area (Å²) in [5.74, 6) is -0.109. The average molecular weight is 318 g/mol. The summed E-state index contributed by atoms with van der Waals surface area (Å²) in [6.07, 6.45) is -2.73. The van der Waals surface area contributed by atoms with Crippen molar-refractivity contribution in [3.8, 4) is 11.5 Å². The van der Waals surface area contributed by atoms with Crippen LogP contribution in [0.3, 0.4) is 0 Å². The molecule has 0 saturated heterocycles. The first-order chi connectivity index (χ1) is 8.52. The van der Waals surface area contributed by atoms with Gasteiger partial charge < -0.3 is 20.1 Å². The van der Waals surface area contributed by atoms with Crippen LogP contribution in [0.4, 0.5) is 0 Å². The van der Waals surface area contributed by atoms with Gasteiger partial charge in [-0.25, -0.2) is 0 Å². The van der Waals surface area contributed by atoms with Gasteiger partial charge in [-0.3, -0.25) is 0 Å². The van der Waals surface area contributed by atoms with Gasteiger partial charge in [0.1, 0.15) is 6.10 Å². The van der Waals surface area contributed by atoms with E-state index in [2.05, 4.69) is 26.0 Å². The molecular formula is C10H12BrN3O4. The molecule has 0 spiro atoms. The van der Waals surface area contributed by atoms with Crippen LogP contribution >= 0.6 is 15.9 Å². The van der Waals surface area contributed by atoms with Crippen molar-refractivity contribution in [2.24, 2.45) is 5.11 Å². The second-order valence-corrected chi connectivity index (χ2v) is 4.29. The number of hydrogen-bond acceptors (Lipinski definition) is 5. The van der Waals surface area contributed by atoms with Crippen molar-refractivity contribution in [2.75, 3.05) is 13.7 Å². The molecule has 0 aliphatic rings. The Bertz CT molecular complexity index is 476. The van der Waals surface area contributed by atoms with Crippen molar-refractivity contribution in [3.05, 3.63) is 32.6 Å². The Labute approximate surface area is 111 Å². The zero-order valence-electron chi connectivity index (χ0n) is 9.49. The fraction of sp³-hybridized carbons (Fsp3) is 0.400. The lowest BCUT2D eigenvalue weighted by molar-refractivity contribution is 0.0224. The van der Waals surface area contributed by atoms with Crippen molar-refractivity contribution >= 4 is 15.9 Å². The molecule has 8 heteroatoms. The molecule has 0 fully saturated rings. The molecule has 0 aliphatic heterocycles. The molecule has 0 aromatic heterocycles. The highest BCUT2D eigenvalue weighted by atomic mass is 79.9. The molecule has 0 bridgehead atoms. The van der Waals surface area contributed by atoms with Crippen molar-refractivity contribution < 1.29 is 20.1 Å². The van der Waals surface area contributed by atoms with Crippen LogP contribution < -0.4 is 4.74 Å². The predicted octanol–water partition coefficient (Wildman–Crippen LogP) is 1.87. The average Bonchev–Trinajstić information content (AvgIpc) is 2.36. The van der Waals surface area contributed by atoms with Gasteiger partial charge in [0.05, 0.1) is 19.8 Å². The molecule has 1 aromatic rings. The Morgan fingerprint density at radius 3 is 2.72 bits per heavy atom. The molecule has 0 saturated carbocycles. The van der Waals surface area contributed by atoms with E-state index in [1.54, 1.807) is 6.07 Å². The molecule has 2 unspecified atom stereocenters. The number of methoxy groups -OCH3 is 1. The minimum absolute atomic E-state index is 0.0787. The van der Waals surface area contributed by atoms with Crippen molar-refractivity contribution in [3.63, 3.8) is 0 Å². The summed E-state index contributed by atoms with van der Waals surface area (Å²) in [6.45, 7) is -0.305. The smallest absolute Gasteiger partial charge is 0.164 e. The highest BCUT2D eigenvalue weighted by Gasteiger charge is 2.25. The number of aromatic hydroxyl groups is 1.